The Hall–Kier alpha value is -3.10. The third-order valence-electron chi connectivity index (χ3n) is 4.09. The highest BCUT2D eigenvalue weighted by Crippen LogP contribution is 2.30. The Morgan fingerprint density at radius 3 is 2.93 bits per heavy atom. The van der Waals surface area contributed by atoms with E-state index < -0.39 is 11.7 Å². The van der Waals surface area contributed by atoms with E-state index in [4.69, 9.17) is 11.6 Å². The Bertz CT molecular complexity index is 1140. The number of nitrogens with one attached hydrogen (secondary N) is 2. The Labute approximate surface area is 168 Å². The highest BCUT2D eigenvalue weighted by Gasteiger charge is 2.27. The molecule has 0 unspecified atom stereocenters. The average molecular weight is 415 g/mol. The lowest BCUT2D eigenvalue weighted by atomic mass is 10.1. The molecular formula is C19H12ClFN4O2S. The predicted octanol–water partition coefficient (Wildman–Crippen LogP) is 4.57. The number of nitrogens with zero attached hydrogens (tertiary/aromatic N) is 2. The van der Waals surface area contributed by atoms with Gasteiger partial charge in [-0.1, -0.05) is 35.1 Å². The van der Waals surface area contributed by atoms with E-state index in [0.29, 0.717) is 26.8 Å². The second kappa shape index (κ2) is 7.14. The summed E-state index contributed by atoms with van der Waals surface area (Å²) >= 11 is 7.14. The number of thiazole rings is 1. The predicted molar refractivity (Wildman–Crippen MR) is 107 cm³/mol. The summed E-state index contributed by atoms with van der Waals surface area (Å²) in [5.74, 6) is -1.31. The molecule has 0 saturated heterocycles. The van der Waals surface area contributed by atoms with Crippen LogP contribution in [0.3, 0.4) is 0 Å². The van der Waals surface area contributed by atoms with Gasteiger partial charge in [-0.15, -0.1) is 0 Å². The largest absolute Gasteiger partial charge is 0.320 e. The molecule has 140 valence electrons. The van der Waals surface area contributed by atoms with Gasteiger partial charge < -0.3 is 10.6 Å². The Morgan fingerprint density at radius 2 is 2.14 bits per heavy atom. The molecule has 2 heterocycles. The summed E-state index contributed by atoms with van der Waals surface area (Å²) in [6.45, 7) is 1.83. The third-order valence-corrected chi connectivity index (χ3v) is 5.29. The Balaban J connectivity index is 1.60. The standard InChI is InChI=1S/C19H12ClFN4O2S/c1-9-3-2-4-12(20)15(9)24-17(26)14-8-22-19(28-14)25-16-11-7-10(21)5-6-13(11)23-18(16)27/h2-8H,1H3,(H,24,26)(H,22,23,25,27). The lowest BCUT2D eigenvalue weighted by molar-refractivity contribution is -0.110. The van der Waals surface area contributed by atoms with Crippen molar-refractivity contribution in [3.63, 3.8) is 0 Å². The first kappa shape index (κ1) is 18.3. The summed E-state index contributed by atoms with van der Waals surface area (Å²) in [6, 6.07) is 9.27. The van der Waals surface area contributed by atoms with Crippen molar-refractivity contribution in [3.05, 3.63) is 69.4 Å². The molecule has 28 heavy (non-hydrogen) atoms. The molecule has 2 N–H and O–H groups in total. The summed E-state index contributed by atoms with van der Waals surface area (Å²) in [5.41, 5.74) is 2.24. The zero-order valence-electron chi connectivity index (χ0n) is 14.4. The SMILES string of the molecule is Cc1cccc(Cl)c1NC(=O)c1cnc(N=C2C(=O)Nc3ccc(F)cc32)s1. The van der Waals surface area contributed by atoms with Crippen molar-refractivity contribution in [3.8, 4) is 0 Å². The molecule has 0 fully saturated rings. The first-order valence-corrected chi connectivity index (χ1v) is 9.34. The number of hydrogen-bond donors (Lipinski definition) is 2. The molecular weight excluding hydrogens is 403 g/mol. The van der Waals surface area contributed by atoms with Crippen LogP contribution in [-0.4, -0.2) is 22.5 Å². The van der Waals surface area contributed by atoms with Gasteiger partial charge >= 0.3 is 0 Å². The van der Waals surface area contributed by atoms with Gasteiger partial charge in [-0.2, -0.15) is 0 Å². The van der Waals surface area contributed by atoms with E-state index in [2.05, 4.69) is 20.6 Å². The van der Waals surface area contributed by atoms with Crippen LogP contribution in [0.4, 0.5) is 20.9 Å². The quantitative estimate of drug-likeness (QED) is 0.658. The maximum absolute atomic E-state index is 13.5. The number of para-hydroxylation sites is 1. The van der Waals surface area contributed by atoms with E-state index >= 15 is 0 Å². The van der Waals surface area contributed by atoms with Crippen molar-refractivity contribution >= 4 is 57.0 Å². The van der Waals surface area contributed by atoms with Gasteiger partial charge in [0.25, 0.3) is 11.8 Å². The number of aromatic nitrogens is 1. The van der Waals surface area contributed by atoms with E-state index in [-0.39, 0.29) is 16.8 Å². The molecule has 9 heteroatoms. The van der Waals surface area contributed by atoms with Crippen molar-refractivity contribution in [1.29, 1.82) is 0 Å². The molecule has 0 bridgehead atoms. The first-order chi connectivity index (χ1) is 13.4. The van der Waals surface area contributed by atoms with E-state index in [1.54, 1.807) is 12.1 Å². The van der Waals surface area contributed by atoms with Gasteiger partial charge in [0.05, 0.1) is 22.6 Å². The molecule has 1 aliphatic heterocycles. The summed E-state index contributed by atoms with van der Waals surface area (Å²) in [6.07, 6.45) is 1.37. The van der Waals surface area contributed by atoms with E-state index in [1.807, 2.05) is 13.0 Å². The number of fused-ring (bicyclic) bond motifs is 1. The number of rotatable bonds is 3. The van der Waals surface area contributed by atoms with Crippen molar-refractivity contribution in [2.45, 2.75) is 6.92 Å². The van der Waals surface area contributed by atoms with Gasteiger partial charge in [0.15, 0.2) is 0 Å². The maximum atomic E-state index is 13.5. The van der Waals surface area contributed by atoms with Crippen LogP contribution in [-0.2, 0) is 4.79 Å². The number of anilines is 2. The lowest BCUT2D eigenvalue weighted by Gasteiger charge is -2.08. The molecule has 0 atom stereocenters. The summed E-state index contributed by atoms with van der Waals surface area (Å²) in [7, 11) is 0. The van der Waals surface area contributed by atoms with Crippen LogP contribution in [0.25, 0.3) is 0 Å². The zero-order chi connectivity index (χ0) is 19.8. The fraction of sp³-hybridized carbons (Fsp3) is 0.0526. The molecule has 0 radical (unpaired) electrons. The summed E-state index contributed by atoms with van der Waals surface area (Å²) in [5, 5.41) is 6.01. The van der Waals surface area contributed by atoms with E-state index in [1.165, 1.54) is 24.4 Å². The molecule has 1 aliphatic rings. The number of benzene rings is 2. The molecule has 4 rings (SSSR count). The monoisotopic (exact) mass is 414 g/mol. The van der Waals surface area contributed by atoms with Gasteiger partial charge in [-0.25, -0.2) is 14.4 Å². The fourth-order valence-corrected chi connectivity index (χ4v) is 3.68. The average Bonchev–Trinajstić information content (AvgIpc) is 3.24. The van der Waals surface area contributed by atoms with Crippen LogP contribution >= 0.6 is 22.9 Å². The molecule has 0 aliphatic carbocycles. The van der Waals surface area contributed by atoms with Gasteiger partial charge in [0.1, 0.15) is 16.4 Å². The highest BCUT2D eigenvalue weighted by atomic mass is 35.5. The number of carbonyl (C=O) groups excluding carboxylic acids is 2. The minimum absolute atomic E-state index is 0.0535. The molecule has 0 spiro atoms. The number of aryl methyl sites for hydroxylation is 1. The summed E-state index contributed by atoms with van der Waals surface area (Å²) < 4.78 is 13.5. The van der Waals surface area contributed by atoms with Crippen LogP contribution in [0.15, 0.2) is 47.6 Å². The van der Waals surface area contributed by atoms with Crippen LogP contribution in [0.5, 0.6) is 0 Å². The van der Waals surface area contributed by atoms with Crippen LogP contribution in [0.2, 0.25) is 5.02 Å². The number of halogens is 2. The molecule has 2 amide bonds. The van der Waals surface area contributed by atoms with E-state index in [0.717, 1.165) is 16.9 Å². The minimum atomic E-state index is -0.475. The molecule has 0 saturated carbocycles. The first-order valence-electron chi connectivity index (χ1n) is 8.14. The fourth-order valence-electron chi connectivity index (χ4n) is 2.72. The van der Waals surface area contributed by atoms with Crippen molar-refractivity contribution in [2.75, 3.05) is 10.6 Å². The second-order valence-corrected chi connectivity index (χ2v) is 7.41. The van der Waals surface area contributed by atoms with Gasteiger partial charge in [-0.05, 0) is 36.8 Å². The Kier molecular flexibility index (Phi) is 4.66. The maximum Gasteiger partial charge on any atom is 0.275 e. The van der Waals surface area contributed by atoms with Crippen LogP contribution in [0, 0.1) is 12.7 Å². The van der Waals surface area contributed by atoms with Crippen molar-refractivity contribution < 1.29 is 14.0 Å². The molecule has 1 aromatic heterocycles. The van der Waals surface area contributed by atoms with Crippen molar-refractivity contribution in [2.24, 2.45) is 4.99 Å². The number of hydrogen-bond acceptors (Lipinski definition) is 5. The summed E-state index contributed by atoms with van der Waals surface area (Å²) in [4.78, 5) is 33.2. The normalized spacial score (nSPS) is 14.1. The third kappa shape index (κ3) is 3.39. The smallest absolute Gasteiger partial charge is 0.275 e. The van der Waals surface area contributed by atoms with Gasteiger partial charge in [0, 0.05) is 5.56 Å². The van der Waals surface area contributed by atoms with Crippen molar-refractivity contribution in [1.82, 2.24) is 4.98 Å². The highest BCUT2D eigenvalue weighted by molar-refractivity contribution is 7.17. The minimum Gasteiger partial charge on any atom is -0.320 e. The van der Waals surface area contributed by atoms with Gasteiger partial charge in [0.2, 0.25) is 5.13 Å². The van der Waals surface area contributed by atoms with E-state index in [9.17, 15) is 14.0 Å². The topological polar surface area (TPSA) is 83.5 Å². The van der Waals surface area contributed by atoms with Crippen LogP contribution < -0.4 is 10.6 Å². The zero-order valence-corrected chi connectivity index (χ0v) is 16.0. The lowest BCUT2D eigenvalue weighted by Crippen LogP contribution is -2.13. The molecule has 2 aromatic carbocycles. The second-order valence-electron chi connectivity index (χ2n) is 6.00. The van der Waals surface area contributed by atoms with Crippen LogP contribution in [0.1, 0.15) is 20.8 Å². The molecule has 3 aromatic rings. The molecule has 6 nitrogen and oxygen atoms in total. The van der Waals surface area contributed by atoms with Gasteiger partial charge in [-0.3, -0.25) is 9.59 Å². The Morgan fingerprint density at radius 1 is 1.32 bits per heavy atom. The number of amides is 2. The number of aliphatic imine (C=N–C) groups is 1. The number of carbonyl (C=O) groups is 2.